The molecule has 2 nitrogen and oxygen atoms in total. The molecule has 2 rings (SSSR count). The average molecular weight is 259 g/mol. The molecular weight excluding hydrogens is 234 g/mol. The molecule has 2 heteroatoms. The molecule has 1 N–H and O–H groups in total. The van der Waals surface area contributed by atoms with E-state index >= 15 is 0 Å². The van der Waals surface area contributed by atoms with Crippen LogP contribution in [0.5, 0.6) is 0 Å². The van der Waals surface area contributed by atoms with Crippen LogP contribution in [0.25, 0.3) is 0 Å². The number of carbonyl (C=O) groups is 1. The second kappa shape index (κ2) is 7.44. The SMILES string of the molecule is CC(CCc1ccccc1)NCC1CCCCC1=O. The number of aryl methyl sites for hydroxylation is 1. The van der Waals surface area contributed by atoms with Crippen molar-refractivity contribution < 1.29 is 4.79 Å². The number of carbonyl (C=O) groups excluding carboxylic acids is 1. The van der Waals surface area contributed by atoms with E-state index in [2.05, 4.69) is 42.6 Å². The first-order valence-electron chi connectivity index (χ1n) is 7.55. The van der Waals surface area contributed by atoms with Crippen LogP contribution in [0.15, 0.2) is 30.3 Å². The molecule has 1 saturated carbocycles. The van der Waals surface area contributed by atoms with Gasteiger partial charge in [0.25, 0.3) is 0 Å². The van der Waals surface area contributed by atoms with Gasteiger partial charge in [0.1, 0.15) is 5.78 Å². The number of hydrogen-bond acceptors (Lipinski definition) is 2. The molecule has 0 heterocycles. The average Bonchev–Trinajstić information content (AvgIpc) is 2.45. The maximum Gasteiger partial charge on any atom is 0.137 e. The Bertz CT molecular complexity index is 388. The second-order valence-corrected chi connectivity index (χ2v) is 5.74. The minimum absolute atomic E-state index is 0.271. The molecule has 0 radical (unpaired) electrons. The van der Waals surface area contributed by atoms with E-state index in [-0.39, 0.29) is 5.92 Å². The van der Waals surface area contributed by atoms with Crippen molar-refractivity contribution in [3.63, 3.8) is 0 Å². The highest BCUT2D eigenvalue weighted by Crippen LogP contribution is 2.20. The Kier molecular flexibility index (Phi) is 5.59. The zero-order valence-corrected chi connectivity index (χ0v) is 11.9. The zero-order chi connectivity index (χ0) is 13.5. The van der Waals surface area contributed by atoms with Gasteiger partial charge in [0.2, 0.25) is 0 Å². The summed E-state index contributed by atoms with van der Waals surface area (Å²) in [7, 11) is 0. The third kappa shape index (κ3) is 4.79. The van der Waals surface area contributed by atoms with Crippen LogP contribution in [0.1, 0.15) is 44.6 Å². The van der Waals surface area contributed by atoms with Gasteiger partial charge in [0.15, 0.2) is 0 Å². The van der Waals surface area contributed by atoms with Crippen molar-refractivity contribution in [3.8, 4) is 0 Å². The number of ketones is 1. The molecule has 1 aromatic carbocycles. The number of hydrogen-bond donors (Lipinski definition) is 1. The highest BCUT2D eigenvalue weighted by molar-refractivity contribution is 5.81. The Morgan fingerprint density at radius 2 is 2.05 bits per heavy atom. The number of Topliss-reactive ketones (excluding diaryl/α,β-unsaturated/α-hetero) is 1. The molecule has 2 atom stereocenters. The van der Waals surface area contributed by atoms with Crippen LogP contribution >= 0.6 is 0 Å². The lowest BCUT2D eigenvalue weighted by atomic mass is 9.88. The largest absolute Gasteiger partial charge is 0.314 e. The van der Waals surface area contributed by atoms with E-state index < -0.39 is 0 Å². The molecule has 1 aliphatic carbocycles. The lowest BCUT2D eigenvalue weighted by Crippen LogP contribution is -2.35. The van der Waals surface area contributed by atoms with Gasteiger partial charge in [-0.3, -0.25) is 4.79 Å². The molecule has 0 bridgehead atoms. The summed E-state index contributed by atoms with van der Waals surface area (Å²) in [4.78, 5) is 11.7. The molecule has 19 heavy (non-hydrogen) atoms. The van der Waals surface area contributed by atoms with Crippen molar-refractivity contribution in [1.29, 1.82) is 0 Å². The van der Waals surface area contributed by atoms with E-state index in [0.717, 1.165) is 38.6 Å². The monoisotopic (exact) mass is 259 g/mol. The summed E-state index contributed by atoms with van der Waals surface area (Å²) in [5.74, 6) is 0.738. The summed E-state index contributed by atoms with van der Waals surface area (Å²) >= 11 is 0. The third-order valence-corrected chi connectivity index (χ3v) is 4.10. The van der Waals surface area contributed by atoms with E-state index in [0.29, 0.717) is 11.8 Å². The van der Waals surface area contributed by atoms with E-state index in [4.69, 9.17) is 0 Å². The lowest BCUT2D eigenvalue weighted by Gasteiger charge is -2.23. The van der Waals surface area contributed by atoms with E-state index in [1.807, 2.05) is 0 Å². The topological polar surface area (TPSA) is 29.1 Å². The van der Waals surface area contributed by atoms with Crippen LogP contribution in [-0.2, 0) is 11.2 Å². The summed E-state index contributed by atoms with van der Waals surface area (Å²) in [6.07, 6.45) is 6.43. The minimum Gasteiger partial charge on any atom is -0.314 e. The van der Waals surface area contributed by atoms with E-state index in [1.165, 1.54) is 12.0 Å². The fourth-order valence-corrected chi connectivity index (χ4v) is 2.74. The van der Waals surface area contributed by atoms with Gasteiger partial charge in [-0.2, -0.15) is 0 Å². The van der Waals surface area contributed by atoms with Gasteiger partial charge in [-0.25, -0.2) is 0 Å². The molecule has 0 aromatic heterocycles. The first-order valence-corrected chi connectivity index (χ1v) is 7.55. The Labute approximate surface area is 116 Å². The van der Waals surface area contributed by atoms with Gasteiger partial charge in [0.05, 0.1) is 0 Å². The Hall–Kier alpha value is -1.15. The Morgan fingerprint density at radius 3 is 2.79 bits per heavy atom. The minimum atomic E-state index is 0.271. The van der Waals surface area contributed by atoms with Gasteiger partial charge in [-0.15, -0.1) is 0 Å². The van der Waals surface area contributed by atoms with Crippen LogP contribution in [0.2, 0.25) is 0 Å². The fourth-order valence-electron chi connectivity index (χ4n) is 2.74. The van der Waals surface area contributed by atoms with Crippen LogP contribution in [0.3, 0.4) is 0 Å². The molecule has 1 fully saturated rings. The second-order valence-electron chi connectivity index (χ2n) is 5.74. The molecule has 1 aliphatic rings. The summed E-state index contributed by atoms with van der Waals surface area (Å²) < 4.78 is 0. The Morgan fingerprint density at radius 1 is 1.26 bits per heavy atom. The smallest absolute Gasteiger partial charge is 0.137 e. The molecule has 2 unspecified atom stereocenters. The molecular formula is C17H25NO. The van der Waals surface area contributed by atoms with Crippen LogP contribution in [0, 0.1) is 5.92 Å². The summed E-state index contributed by atoms with van der Waals surface area (Å²) in [6, 6.07) is 11.1. The predicted octanol–water partition coefficient (Wildman–Crippen LogP) is 3.36. The number of rotatable bonds is 6. The van der Waals surface area contributed by atoms with Crippen molar-refractivity contribution in [2.24, 2.45) is 5.92 Å². The van der Waals surface area contributed by atoms with Gasteiger partial charge in [0, 0.05) is 24.9 Å². The molecule has 0 saturated heterocycles. The molecule has 104 valence electrons. The fraction of sp³-hybridized carbons (Fsp3) is 0.588. The Balaban J connectivity index is 1.67. The van der Waals surface area contributed by atoms with Crippen molar-refractivity contribution in [2.75, 3.05) is 6.54 Å². The summed E-state index contributed by atoms with van der Waals surface area (Å²) in [5.41, 5.74) is 1.39. The number of benzene rings is 1. The first-order chi connectivity index (χ1) is 9.25. The van der Waals surface area contributed by atoms with Gasteiger partial charge in [-0.05, 0) is 38.2 Å². The van der Waals surface area contributed by atoms with Crippen LogP contribution in [-0.4, -0.2) is 18.4 Å². The standard InChI is InChI=1S/C17H25NO/c1-14(11-12-15-7-3-2-4-8-15)18-13-16-9-5-6-10-17(16)19/h2-4,7-8,14,16,18H,5-6,9-13H2,1H3. The third-order valence-electron chi connectivity index (χ3n) is 4.10. The molecule has 0 aliphatic heterocycles. The van der Waals surface area contributed by atoms with Gasteiger partial charge >= 0.3 is 0 Å². The normalized spacial score (nSPS) is 21.3. The van der Waals surface area contributed by atoms with Crippen LogP contribution < -0.4 is 5.32 Å². The van der Waals surface area contributed by atoms with Crippen molar-refractivity contribution in [2.45, 2.75) is 51.5 Å². The first kappa shape index (κ1) is 14.3. The van der Waals surface area contributed by atoms with Crippen molar-refractivity contribution in [1.82, 2.24) is 5.32 Å². The molecule has 0 spiro atoms. The summed E-state index contributed by atoms with van der Waals surface area (Å²) in [6.45, 7) is 3.09. The van der Waals surface area contributed by atoms with Crippen molar-refractivity contribution in [3.05, 3.63) is 35.9 Å². The molecule has 1 aromatic rings. The van der Waals surface area contributed by atoms with Gasteiger partial charge in [-0.1, -0.05) is 36.8 Å². The van der Waals surface area contributed by atoms with Crippen molar-refractivity contribution >= 4 is 5.78 Å². The maximum absolute atomic E-state index is 11.7. The van der Waals surface area contributed by atoms with Gasteiger partial charge < -0.3 is 5.32 Å². The highest BCUT2D eigenvalue weighted by Gasteiger charge is 2.21. The highest BCUT2D eigenvalue weighted by atomic mass is 16.1. The number of nitrogens with one attached hydrogen (secondary N) is 1. The van der Waals surface area contributed by atoms with E-state index in [1.54, 1.807) is 0 Å². The summed E-state index contributed by atoms with van der Waals surface area (Å²) in [5, 5.41) is 3.53. The zero-order valence-electron chi connectivity index (χ0n) is 11.9. The molecule has 0 amide bonds. The quantitative estimate of drug-likeness (QED) is 0.848. The maximum atomic E-state index is 11.7. The van der Waals surface area contributed by atoms with E-state index in [9.17, 15) is 4.79 Å². The van der Waals surface area contributed by atoms with Crippen LogP contribution in [0.4, 0.5) is 0 Å². The predicted molar refractivity (Wildman–Crippen MR) is 79.2 cm³/mol. The lowest BCUT2D eigenvalue weighted by molar-refractivity contribution is -0.124.